The summed E-state index contributed by atoms with van der Waals surface area (Å²) in [5.41, 5.74) is 3.98. The van der Waals surface area contributed by atoms with Crippen LogP contribution in [-0.4, -0.2) is 15.9 Å². The Labute approximate surface area is 132 Å². The quantitative estimate of drug-likeness (QED) is 0.788. The average Bonchev–Trinajstić information content (AvgIpc) is 3.09. The van der Waals surface area contributed by atoms with Gasteiger partial charge in [0.1, 0.15) is 0 Å². The predicted octanol–water partition coefficient (Wildman–Crippen LogP) is 3.06. The Hall–Kier alpha value is -2.53. The van der Waals surface area contributed by atoms with E-state index in [2.05, 4.69) is 20.7 Å². The highest BCUT2D eigenvalue weighted by Crippen LogP contribution is 2.20. The lowest BCUT2D eigenvalue weighted by molar-refractivity contribution is -0.120. The molecule has 0 aliphatic heterocycles. The molecule has 110 valence electrons. The van der Waals surface area contributed by atoms with E-state index in [1.165, 1.54) is 0 Å². The first kappa shape index (κ1) is 14.4. The molecule has 1 amide bonds. The lowest BCUT2D eigenvalue weighted by atomic mass is 10.1. The fraction of sp³-hybridized carbons (Fsp3) is 0.118. The maximum atomic E-state index is 11.9. The van der Waals surface area contributed by atoms with Crippen LogP contribution in [-0.2, 0) is 17.8 Å². The smallest absolute Gasteiger partial charge is 0.224 e. The first-order valence-corrected chi connectivity index (χ1v) is 7.88. The van der Waals surface area contributed by atoms with Gasteiger partial charge in [0, 0.05) is 36.1 Å². The molecule has 0 aliphatic carbocycles. The first-order chi connectivity index (χ1) is 10.8. The summed E-state index contributed by atoms with van der Waals surface area (Å²) in [6.45, 7) is 0.499. The van der Waals surface area contributed by atoms with Crippen molar-refractivity contribution in [1.29, 1.82) is 0 Å². The molecule has 22 heavy (non-hydrogen) atoms. The van der Waals surface area contributed by atoms with Crippen LogP contribution in [0, 0.1) is 0 Å². The normalized spacial score (nSPS) is 10.4. The van der Waals surface area contributed by atoms with Crippen molar-refractivity contribution in [1.82, 2.24) is 15.3 Å². The van der Waals surface area contributed by atoms with Gasteiger partial charge < -0.3 is 5.32 Å². The van der Waals surface area contributed by atoms with Crippen LogP contribution in [0.3, 0.4) is 0 Å². The van der Waals surface area contributed by atoms with Gasteiger partial charge in [0.05, 0.1) is 12.1 Å². The highest BCUT2D eigenvalue weighted by molar-refractivity contribution is 7.08. The van der Waals surface area contributed by atoms with Gasteiger partial charge in [-0.1, -0.05) is 6.07 Å². The van der Waals surface area contributed by atoms with Crippen molar-refractivity contribution in [3.05, 3.63) is 70.8 Å². The fourth-order valence-electron chi connectivity index (χ4n) is 2.10. The number of pyridine rings is 2. The minimum absolute atomic E-state index is 0.0121. The number of nitrogens with one attached hydrogen (secondary N) is 1. The van der Waals surface area contributed by atoms with Crippen LogP contribution in [0.4, 0.5) is 0 Å². The van der Waals surface area contributed by atoms with E-state index in [1.807, 2.05) is 35.7 Å². The van der Waals surface area contributed by atoms with Gasteiger partial charge in [-0.25, -0.2) is 0 Å². The molecule has 4 nitrogen and oxygen atoms in total. The highest BCUT2D eigenvalue weighted by atomic mass is 32.1. The summed E-state index contributed by atoms with van der Waals surface area (Å²) in [4.78, 5) is 20.3. The molecule has 0 fully saturated rings. The van der Waals surface area contributed by atoms with Crippen molar-refractivity contribution >= 4 is 17.2 Å². The summed E-state index contributed by atoms with van der Waals surface area (Å²) >= 11 is 1.64. The highest BCUT2D eigenvalue weighted by Gasteiger charge is 2.05. The Morgan fingerprint density at radius 3 is 2.91 bits per heavy atom. The van der Waals surface area contributed by atoms with Crippen molar-refractivity contribution < 1.29 is 4.79 Å². The molecule has 3 aromatic heterocycles. The SMILES string of the molecule is O=C(Cc1cccnc1)NCc1ccnc(-c2ccsc2)c1. The summed E-state index contributed by atoms with van der Waals surface area (Å²) < 4.78 is 0. The zero-order valence-corrected chi connectivity index (χ0v) is 12.7. The van der Waals surface area contributed by atoms with E-state index in [9.17, 15) is 4.79 Å². The lowest BCUT2D eigenvalue weighted by Crippen LogP contribution is -2.24. The summed E-state index contributed by atoms with van der Waals surface area (Å²) in [6.07, 6.45) is 5.52. The Balaban J connectivity index is 1.60. The second-order valence-electron chi connectivity index (χ2n) is 4.88. The van der Waals surface area contributed by atoms with E-state index in [0.29, 0.717) is 13.0 Å². The second-order valence-corrected chi connectivity index (χ2v) is 5.66. The first-order valence-electron chi connectivity index (χ1n) is 6.94. The Morgan fingerprint density at radius 1 is 1.18 bits per heavy atom. The molecule has 0 saturated heterocycles. The van der Waals surface area contributed by atoms with E-state index in [0.717, 1.165) is 22.4 Å². The van der Waals surface area contributed by atoms with Crippen LogP contribution in [0.1, 0.15) is 11.1 Å². The van der Waals surface area contributed by atoms with Crippen LogP contribution in [0.25, 0.3) is 11.3 Å². The number of carbonyl (C=O) groups excluding carboxylic acids is 1. The van der Waals surface area contributed by atoms with E-state index in [1.54, 1.807) is 29.9 Å². The Kier molecular flexibility index (Phi) is 4.56. The third-order valence-electron chi connectivity index (χ3n) is 3.22. The van der Waals surface area contributed by atoms with Gasteiger partial charge in [0.15, 0.2) is 0 Å². The topological polar surface area (TPSA) is 54.9 Å². The zero-order valence-electron chi connectivity index (χ0n) is 11.9. The van der Waals surface area contributed by atoms with E-state index >= 15 is 0 Å². The van der Waals surface area contributed by atoms with Gasteiger partial charge in [0.25, 0.3) is 0 Å². The summed E-state index contributed by atoms with van der Waals surface area (Å²) in [5.74, 6) is -0.0121. The van der Waals surface area contributed by atoms with E-state index < -0.39 is 0 Å². The van der Waals surface area contributed by atoms with Crippen molar-refractivity contribution in [2.45, 2.75) is 13.0 Å². The number of hydrogen-bond donors (Lipinski definition) is 1. The zero-order chi connectivity index (χ0) is 15.2. The van der Waals surface area contributed by atoms with Crippen LogP contribution >= 0.6 is 11.3 Å². The largest absolute Gasteiger partial charge is 0.352 e. The number of amides is 1. The standard InChI is InChI=1S/C17H15N3OS/c21-17(9-13-2-1-5-18-10-13)20-11-14-3-6-19-16(8-14)15-4-7-22-12-15/h1-8,10,12H,9,11H2,(H,20,21). The molecule has 3 aromatic rings. The van der Waals surface area contributed by atoms with Crippen LogP contribution in [0.15, 0.2) is 59.7 Å². The van der Waals surface area contributed by atoms with Crippen LogP contribution < -0.4 is 5.32 Å². The van der Waals surface area contributed by atoms with Gasteiger partial charge in [-0.05, 0) is 40.8 Å². The fourth-order valence-corrected chi connectivity index (χ4v) is 2.75. The maximum Gasteiger partial charge on any atom is 0.224 e. The molecule has 0 saturated carbocycles. The summed E-state index contributed by atoms with van der Waals surface area (Å²) in [6, 6.07) is 9.69. The van der Waals surface area contributed by atoms with Crippen molar-refractivity contribution in [3.8, 4) is 11.3 Å². The maximum absolute atomic E-state index is 11.9. The average molecular weight is 309 g/mol. The number of hydrogen-bond acceptors (Lipinski definition) is 4. The Bertz CT molecular complexity index is 742. The summed E-state index contributed by atoms with van der Waals surface area (Å²) in [5, 5.41) is 7.02. The molecule has 1 N–H and O–H groups in total. The monoisotopic (exact) mass is 309 g/mol. The molecule has 3 heterocycles. The van der Waals surface area contributed by atoms with Gasteiger partial charge in [0.2, 0.25) is 5.91 Å². The molecule has 0 spiro atoms. The minimum Gasteiger partial charge on any atom is -0.352 e. The van der Waals surface area contributed by atoms with Gasteiger partial charge >= 0.3 is 0 Å². The molecule has 0 aromatic carbocycles. The molecule has 0 aliphatic rings. The number of aromatic nitrogens is 2. The molecule has 0 bridgehead atoms. The van der Waals surface area contributed by atoms with Crippen LogP contribution in [0.2, 0.25) is 0 Å². The van der Waals surface area contributed by atoms with Gasteiger partial charge in [-0.15, -0.1) is 0 Å². The Morgan fingerprint density at radius 2 is 2.14 bits per heavy atom. The van der Waals surface area contributed by atoms with Gasteiger partial charge in [-0.3, -0.25) is 14.8 Å². The molecular weight excluding hydrogens is 294 g/mol. The third kappa shape index (κ3) is 3.77. The number of thiophene rings is 1. The predicted molar refractivity (Wildman–Crippen MR) is 87.3 cm³/mol. The van der Waals surface area contributed by atoms with Crippen molar-refractivity contribution in [2.24, 2.45) is 0 Å². The van der Waals surface area contributed by atoms with Crippen LogP contribution in [0.5, 0.6) is 0 Å². The van der Waals surface area contributed by atoms with E-state index in [4.69, 9.17) is 0 Å². The second kappa shape index (κ2) is 6.95. The minimum atomic E-state index is -0.0121. The molecule has 0 radical (unpaired) electrons. The third-order valence-corrected chi connectivity index (χ3v) is 3.90. The molecule has 5 heteroatoms. The lowest BCUT2D eigenvalue weighted by Gasteiger charge is -2.06. The number of carbonyl (C=O) groups is 1. The molecule has 0 atom stereocenters. The number of rotatable bonds is 5. The number of nitrogens with zero attached hydrogens (tertiary/aromatic N) is 2. The van der Waals surface area contributed by atoms with Crippen molar-refractivity contribution in [2.75, 3.05) is 0 Å². The van der Waals surface area contributed by atoms with Gasteiger partial charge in [-0.2, -0.15) is 11.3 Å². The molecular formula is C17H15N3OS. The molecule has 0 unspecified atom stereocenters. The van der Waals surface area contributed by atoms with E-state index in [-0.39, 0.29) is 5.91 Å². The molecule has 3 rings (SSSR count). The summed E-state index contributed by atoms with van der Waals surface area (Å²) in [7, 11) is 0. The van der Waals surface area contributed by atoms with Crippen molar-refractivity contribution in [3.63, 3.8) is 0 Å².